The molecule has 1 heterocycles. The molecule has 1 aromatic rings. The van der Waals surface area contributed by atoms with Crippen LogP contribution in [0.2, 0.25) is 0 Å². The molecule has 2 aliphatic rings. The molecule has 29 heavy (non-hydrogen) atoms. The molecule has 2 bridgehead atoms. The molecule has 0 radical (unpaired) electrons. The van der Waals surface area contributed by atoms with E-state index in [0.29, 0.717) is 16.9 Å². The highest BCUT2D eigenvalue weighted by Crippen LogP contribution is 2.43. The fourth-order valence-electron chi connectivity index (χ4n) is 4.71. The molecule has 7 nitrogen and oxygen atoms in total. The minimum Gasteiger partial charge on any atom is -0.496 e. The van der Waals surface area contributed by atoms with Crippen LogP contribution in [0.15, 0.2) is 18.2 Å². The third-order valence-corrected chi connectivity index (χ3v) is 6.23. The molecule has 3 rings (SSSR count). The molecule has 2 fully saturated rings. The average molecular weight is 402 g/mol. The van der Waals surface area contributed by atoms with Gasteiger partial charge < -0.3 is 20.1 Å². The first kappa shape index (κ1) is 21.1. The van der Waals surface area contributed by atoms with E-state index in [-0.39, 0.29) is 23.8 Å². The fraction of sp³-hybridized carbons (Fsp3) is 0.591. The largest absolute Gasteiger partial charge is 0.496 e. The zero-order chi connectivity index (χ0) is 21.5. The molecule has 158 valence electrons. The van der Waals surface area contributed by atoms with Crippen LogP contribution >= 0.6 is 0 Å². The van der Waals surface area contributed by atoms with E-state index in [0.717, 1.165) is 19.3 Å². The monoisotopic (exact) mass is 402 g/mol. The van der Waals surface area contributed by atoms with E-state index in [1.165, 1.54) is 4.90 Å². The van der Waals surface area contributed by atoms with E-state index in [1.54, 1.807) is 32.2 Å². The molecule has 2 amide bonds. The van der Waals surface area contributed by atoms with Crippen LogP contribution in [0.5, 0.6) is 5.75 Å². The first-order valence-corrected chi connectivity index (χ1v) is 10.1. The lowest BCUT2D eigenvalue weighted by Gasteiger charge is -2.39. The number of hydrogen-bond donors (Lipinski definition) is 2. The normalized spacial score (nSPS) is 24.3. The van der Waals surface area contributed by atoms with Crippen LogP contribution in [0, 0.1) is 18.3 Å². The number of aliphatic carboxylic acids is 1. The second kappa shape index (κ2) is 7.69. The van der Waals surface area contributed by atoms with E-state index in [1.807, 2.05) is 20.8 Å². The Morgan fingerprint density at radius 1 is 1.24 bits per heavy atom. The molecule has 0 spiro atoms. The lowest BCUT2D eigenvalue weighted by Crippen LogP contribution is -2.59. The Labute approximate surface area is 171 Å². The van der Waals surface area contributed by atoms with Gasteiger partial charge in [0.05, 0.1) is 7.11 Å². The number of carboxylic acid groups (broad SMARTS) is 1. The van der Waals surface area contributed by atoms with Gasteiger partial charge in [0.2, 0.25) is 5.91 Å². The van der Waals surface area contributed by atoms with E-state index < -0.39 is 23.5 Å². The standard InChI is InChI=1S/C22H30N2O5/c1-12-15(7-6-8-16(12)29-5)19(25)23-18(22(2,3)4)20(26)24-14-10-9-13(11-14)17(24)21(27)28/h6-8,13-14,17-18H,9-11H2,1-5H3,(H,23,25)(H,27,28)/t13-,14+,17-,18?/m0/s1. The molecule has 1 saturated heterocycles. The number of carbonyl (C=O) groups excluding carboxylic acids is 2. The maximum atomic E-state index is 13.5. The number of piperidine rings is 1. The van der Waals surface area contributed by atoms with Crippen LogP contribution < -0.4 is 10.1 Å². The molecule has 2 N–H and O–H groups in total. The van der Waals surface area contributed by atoms with Crippen molar-refractivity contribution in [2.24, 2.45) is 11.3 Å². The van der Waals surface area contributed by atoms with Gasteiger partial charge in [-0.05, 0) is 49.7 Å². The highest BCUT2D eigenvalue weighted by atomic mass is 16.5. The number of hydrogen-bond acceptors (Lipinski definition) is 4. The number of rotatable bonds is 5. The number of benzene rings is 1. The maximum absolute atomic E-state index is 13.5. The molecule has 1 aliphatic heterocycles. The van der Waals surface area contributed by atoms with Gasteiger partial charge in [0.25, 0.3) is 5.91 Å². The summed E-state index contributed by atoms with van der Waals surface area (Å²) in [6.45, 7) is 7.41. The van der Waals surface area contributed by atoms with Crippen molar-refractivity contribution < 1.29 is 24.2 Å². The topological polar surface area (TPSA) is 95.9 Å². The van der Waals surface area contributed by atoms with Gasteiger partial charge in [0.15, 0.2) is 0 Å². The fourth-order valence-corrected chi connectivity index (χ4v) is 4.71. The summed E-state index contributed by atoms with van der Waals surface area (Å²) in [5, 5.41) is 12.6. The number of carboxylic acids is 1. The molecule has 1 unspecified atom stereocenters. The van der Waals surface area contributed by atoms with Crippen LogP contribution in [0.25, 0.3) is 0 Å². The number of fused-ring (bicyclic) bond motifs is 2. The summed E-state index contributed by atoms with van der Waals surface area (Å²) in [5.41, 5.74) is 0.546. The van der Waals surface area contributed by atoms with Crippen molar-refractivity contribution >= 4 is 17.8 Å². The predicted octanol–water partition coefficient (Wildman–Crippen LogP) is 2.61. The van der Waals surface area contributed by atoms with Crippen molar-refractivity contribution in [3.63, 3.8) is 0 Å². The van der Waals surface area contributed by atoms with Crippen LogP contribution in [-0.2, 0) is 9.59 Å². The molecular weight excluding hydrogens is 372 g/mol. The summed E-state index contributed by atoms with van der Waals surface area (Å²) in [5.74, 6) is -1.05. The van der Waals surface area contributed by atoms with Gasteiger partial charge in [-0.2, -0.15) is 0 Å². The lowest BCUT2D eigenvalue weighted by molar-refractivity contribution is -0.154. The minimum absolute atomic E-state index is 0.00148. The Bertz CT molecular complexity index is 829. The highest BCUT2D eigenvalue weighted by Gasteiger charge is 2.53. The number of likely N-dealkylation sites (tertiary alicyclic amines) is 1. The van der Waals surface area contributed by atoms with Crippen LogP contribution in [0.3, 0.4) is 0 Å². The first-order chi connectivity index (χ1) is 13.6. The number of methoxy groups -OCH3 is 1. The third-order valence-electron chi connectivity index (χ3n) is 6.23. The Morgan fingerprint density at radius 2 is 1.93 bits per heavy atom. The summed E-state index contributed by atoms with van der Waals surface area (Å²) in [6, 6.07) is 3.50. The minimum atomic E-state index is -0.965. The number of carbonyl (C=O) groups is 3. The summed E-state index contributed by atoms with van der Waals surface area (Å²) in [4.78, 5) is 39.9. The molecule has 4 atom stereocenters. The van der Waals surface area contributed by atoms with Gasteiger partial charge in [-0.3, -0.25) is 9.59 Å². The summed E-state index contributed by atoms with van der Waals surface area (Å²) in [6.07, 6.45) is 2.38. The van der Waals surface area contributed by atoms with Crippen molar-refractivity contribution in [2.45, 2.75) is 65.1 Å². The van der Waals surface area contributed by atoms with Crippen molar-refractivity contribution in [3.05, 3.63) is 29.3 Å². The predicted molar refractivity (Wildman–Crippen MR) is 108 cm³/mol. The van der Waals surface area contributed by atoms with Crippen molar-refractivity contribution in [3.8, 4) is 5.75 Å². The Balaban J connectivity index is 1.88. The first-order valence-electron chi connectivity index (χ1n) is 10.1. The van der Waals surface area contributed by atoms with Gasteiger partial charge in [-0.15, -0.1) is 0 Å². The highest BCUT2D eigenvalue weighted by molar-refractivity contribution is 6.00. The van der Waals surface area contributed by atoms with Crippen molar-refractivity contribution in [2.75, 3.05) is 7.11 Å². The molecule has 1 aromatic carbocycles. The lowest BCUT2D eigenvalue weighted by atomic mass is 9.84. The summed E-state index contributed by atoms with van der Waals surface area (Å²) >= 11 is 0. The van der Waals surface area contributed by atoms with Crippen LogP contribution in [0.4, 0.5) is 0 Å². The molecule has 1 saturated carbocycles. The number of amides is 2. The second-order valence-electron chi connectivity index (χ2n) is 9.16. The van der Waals surface area contributed by atoms with Gasteiger partial charge >= 0.3 is 5.97 Å². The third kappa shape index (κ3) is 3.82. The Morgan fingerprint density at radius 3 is 2.52 bits per heavy atom. The van der Waals surface area contributed by atoms with Gasteiger partial charge in [0, 0.05) is 17.2 Å². The quantitative estimate of drug-likeness (QED) is 0.789. The SMILES string of the molecule is COc1cccc(C(=O)NC(C(=O)N2[C@@H]3CC[C@@H](C3)[C@H]2C(=O)O)C(C)(C)C)c1C. The van der Waals surface area contributed by atoms with Gasteiger partial charge in [0.1, 0.15) is 17.8 Å². The molecular formula is C22H30N2O5. The number of ether oxygens (including phenoxy) is 1. The zero-order valence-corrected chi connectivity index (χ0v) is 17.7. The molecule has 1 aliphatic carbocycles. The summed E-state index contributed by atoms with van der Waals surface area (Å²) < 4.78 is 5.29. The van der Waals surface area contributed by atoms with Gasteiger partial charge in [-0.1, -0.05) is 26.8 Å². The van der Waals surface area contributed by atoms with E-state index in [4.69, 9.17) is 4.74 Å². The zero-order valence-electron chi connectivity index (χ0n) is 17.7. The number of nitrogens with one attached hydrogen (secondary N) is 1. The van der Waals surface area contributed by atoms with Crippen molar-refractivity contribution in [1.82, 2.24) is 10.2 Å². The Kier molecular flexibility index (Phi) is 5.61. The average Bonchev–Trinajstić information content (AvgIpc) is 3.26. The van der Waals surface area contributed by atoms with E-state index in [9.17, 15) is 19.5 Å². The smallest absolute Gasteiger partial charge is 0.326 e. The second-order valence-corrected chi connectivity index (χ2v) is 9.16. The van der Waals surface area contributed by atoms with Crippen LogP contribution in [-0.4, -0.2) is 53.0 Å². The summed E-state index contributed by atoms with van der Waals surface area (Å²) in [7, 11) is 1.54. The maximum Gasteiger partial charge on any atom is 0.326 e. The number of nitrogens with zero attached hydrogens (tertiary/aromatic N) is 1. The molecule has 7 heteroatoms. The van der Waals surface area contributed by atoms with Crippen molar-refractivity contribution in [1.29, 1.82) is 0 Å². The Hall–Kier alpha value is -2.57. The van der Waals surface area contributed by atoms with E-state index >= 15 is 0 Å². The van der Waals surface area contributed by atoms with E-state index in [2.05, 4.69) is 5.32 Å². The molecule has 0 aromatic heterocycles. The van der Waals surface area contributed by atoms with Crippen LogP contribution in [0.1, 0.15) is 56.0 Å². The van der Waals surface area contributed by atoms with Gasteiger partial charge in [-0.25, -0.2) is 4.79 Å².